The Kier molecular flexibility index (Phi) is 4.78. The molecular weight excluding hydrogens is 300 g/mol. The van der Waals surface area contributed by atoms with E-state index in [-0.39, 0.29) is 24.0 Å². The third-order valence-electron chi connectivity index (χ3n) is 3.65. The fourth-order valence-corrected chi connectivity index (χ4v) is 2.65. The first-order valence-corrected chi connectivity index (χ1v) is 7.43. The molecule has 23 heavy (non-hydrogen) atoms. The van der Waals surface area contributed by atoms with Crippen molar-refractivity contribution in [3.8, 4) is 5.75 Å². The number of ether oxygens (including phenoxy) is 1. The number of methoxy groups -OCH3 is 1. The average molecular weight is 318 g/mol. The van der Waals surface area contributed by atoms with Crippen LogP contribution < -0.4 is 10.1 Å². The molecule has 7 nitrogen and oxygen atoms in total. The molecule has 0 saturated carbocycles. The molecule has 1 aromatic rings. The smallest absolute Gasteiger partial charge is 0.266 e. The lowest BCUT2D eigenvalue weighted by Gasteiger charge is -2.27. The minimum atomic E-state index is -0.959. The van der Waals surface area contributed by atoms with Gasteiger partial charge in [0.25, 0.3) is 11.8 Å². The van der Waals surface area contributed by atoms with Gasteiger partial charge in [-0.15, -0.1) is 0 Å². The van der Waals surface area contributed by atoms with E-state index >= 15 is 0 Å². The molecule has 2 heterocycles. The number of rotatable bonds is 2. The van der Waals surface area contributed by atoms with E-state index in [0.29, 0.717) is 5.75 Å². The summed E-state index contributed by atoms with van der Waals surface area (Å²) in [7, 11) is 1.40. The maximum Gasteiger partial charge on any atom is 0.266 e. The van der Waals surface area contributed by atoms with E-state index < -0.39 is 29.7 Å². The van der Waals surface area contributed by atoms with Crippen molar-refractivity contribution >= 4 is 23.6 Å². The van der Waals surface area contributed by atoms with Gasteiger partial charge in [0.2, 0.25) is 11.8 Å². The predicted octanol–water partition coefficient (Wildman–Crippen LogP) is 1.12. The van der Waals surface area contributed by atoms with Crippen LogP contribution in [0.3, 0.4) is 0 Å². The number of fused-ring (bicyclic) bond motifs is 1. The van der Waals surface area contributed by atoms with Crippen molar-refractivity contribution in [2.45, 2.75) is 32.7 Å². The van der Waals surface area contributed by atoms with Crippen molar-refractivity contribution < 1.29 is 23.9 Å². The van der Waals surface area contributed by atoms with Gasteiger partial charge in [-0.3, -0.25) is 29.4 Å². The maximum atomic E-state index is 12.5. The lowest BCUT2D eigenvalue weighted by Crippen LogP contribution is -2.54. The van der Waals surface area contributed by atoms with Crippen molar-refractivity contribution in [3.05, 3.63) is 29.3 Å². The van der Waals surface area contributed by atoms with Crippen molar-refractivity contribution in [2.75, 3.05) is 7.11 Å². The SMILES string of the molecule is CC.COc1cccc2c1C(=O)N(C1CCC(=O)NC1=O)C2=O. The molecular formula is C16H18N2O5. The maximum absolute atomic E-state index is 12.5. The van der Waals surface area contributed by atoms with Gasteiger partial charge in [0.1, 0.15) is 11.8 Å². The van der Waals surface area contributed by atoms with Crippen LogP contribution in [0.25, 0.3) is 0 Å². The lowest BCUT2D eigenvalue weighted by atomic mass is 10.0. The van der Waals surface area contributed by atoms with Gasteiger partial charge in [-0.05, 0) is 18.6 Å². The number of piperidine rings is 1. The van der Waals surface area contributed by atoms with Crippen LogP contribution in [-0.2, 0) is 9.59 Å². The summed E-state index contributed by atoms with van der Waals surface area (Å²) in [4.78, 5) is 48.8. The largest absolute Gasteiger partial charge is 0.496 e. The molecule has 122 valence electrons. The zero-order valence-electron chi connectivity index (χ0n) is 13.2. The molecule has 0 radical (unpaired) electrons. The fourth-order valence-electron chi connectivity index (χ4n) is 2.65. The average Bonchev–Trinajstić information content (AvgIpc) is 2.81. The van der Waals surface area contributed by atoms with E-state index in [9.17, 15) is 19.2 Å². The van der Waals surface area contributed by atoms with E-state index in [4.69, 9.17) is 4.74 Å². The molecule has 1 aromatic carbocycles. The standard InChI is InChI=1S/C14H12N2O5.C2H6/c1-21-9-4-2-3-7-11(9)14(20)16(13(7)19)8-5-6-10(17)15-12(8)18;1-2/h2-4,8H,5-6H2,1H3,(H,15,17,18);1-2H3. The highest BCUT2D eigenvalue weighted by Crippen LogP contribution is 2.33. The highest BCUT2D eigenvalue weighted by molar-refractivity contribution is 6.24. The molecule has 7 heteroatoms. The molecule has 2 aliphatic rings. The molecule has 1 N–H and O–H groups in total. The Morgan fingerprint density at radius 3 is 2.43 bits per heavy atom. The van der Waals surface area contributed by atoms with Crippen molar-refractivity contribution in [2.24, 2.45) is 0 Å². The topological polar surface area (TPSA) is 92.8 Å². The van der Waals surface area contributed by atoms with E-state index in [1.807, 2.05) is 13.8 Å². The molecule has 0 aromatic heterocycles. The minimum absolute atomic E-state index is 0.0982. The molecule has 0 aliphatic carbocycles. The number of imide groups is 2. The van der Waals surface area contributed by atoms with E-state index in [1.165, 1.54) is 13.2 Å². The van der Waals surface area contributed by atoms with Crippen LogP contribution in [0.1, 0.15) is 47.4 Å². The van der Waals surface area contributed by atoms with Crippen LogP contribution in [0.15, 0.2) is 18.2 Å². The molecule has 1 saturated heterocycles. The zero-order chi connectivity index (χ0) is 17.1. The summed E-state index contributed by atoms with van der Waals surface area (Å²) in [5.41, 5.74) is 0.374. The van der Waals surface area contributed by atoms with Gasteiger partial charge in [-0.1, -0.05) is 19.9 Å². The van der Waals surface area contributed by atoms with Gasteiger partial charge in [-0.25, -0.2) is 0 Å². The summed E-state index contributed by atoms with van der Waals surface area (Å²) in [6, 6.07) is 3.75. The molecule has 0 spiro atoms. The summed E-state index contributed by atoms with van der Waals surface area (Å²) < 4.78 is 5.10. The number of amides is 4. The first kappa shape index (κ1) is 16.7. The van der Waals surface area contributed by atoms with Gasteiger partial charge < -0.3 is 4.74 Å². The normalized spacial score (nSPS) is 19.8. The van der Waals surface area contributed by atoms with Crippen LogP contribution in [0.2, 0.25) is 0 Å². The predicted molar refractivity (Wildman–Crippen MR) is 81.0 cm³/mol. The Hall–Kier alpha value is -2.70. The Labute approximate surface area is 133 Å². The highest BCUT2D eigenvalue weighted by Gasteiger charge is 2.45. The second-order valence-electron chi connectivity index (χ2n) is 4.83. The molecule has 0 bridgehead atoms. The Bertz CT molecular complexity index is 683. The summed E-state index contributed by atoms with van der Waals surface area (Å²) in [5, 5.41) is 2.15. The third kappa shape index (κ3) is 2.69. The van der Waals surface area contributed by atoms with Gasteiger partial charge in [-0.2, -0.15) is 0 Å². The van der Waals surface area contributed by atoms with Gasteiger partial charge >= 0.3 is 0 Å². The molecule has 1 atom stereocenters. The number of hydrogen-bond acceptors (Lipinski definition) is 5. The van der Waals surface area contributed by atoms with Gasteiger partial charge in [0, 0.05) is 6.42 Å². The summed E-state index contributed by atoms with van der Waals surface area (Å²) >= 11 is 0. The number of nitrogens with zero attached hydrogens (tertiary/aromatic N) is 1. The van der Waals surface area contributed by atoms with Crippen LogP contribution in [0.4, 0.5) is 0 Å². The van der Waals surface area contributed by atoms with Crippen molar-refractivity contribution in [1.29, 1.82) is 0 Å². The number of carbonyl (C=O) groups is 4. The summed E-state index contributed by atoms with van der Waals surface area (Å²) in [5.74, 6) is -1.84. The second kappa shape index (κ2) is 6.60. The van der Waals surface area contributed by atoms with E-state index in [1.54, 1.807) is 12.1 Å². The second-order valence-corrected chi connectivity index (χ2v) is 4.83. The lowest BCUT2D eigenvalue weighted by molar-refractivity contribution is -0.136. The fraction of sp³-hybridized carbons (Fsp3) is 0.375. The molecule has 2 aliphatic heterocycles. The number of benzene rings is 1. The zero-order valence-corrected chi connectivity index (χ0v) is 13.2. The number of carbonyl (C=O) groups excluding carboxylic acids is 4. The third-order valence-corrected chi connectivity index (χ3v) is 3.65. The first-order chi connectivity index (χ1) is 11.0. The molecule has 1 unspecified atom stereocenters. The molecule has 3 rings (SSSR count). The van der Waals surface area contributed by atoms with Gasteiger partial charge in [0.15, 0.2) is 0 Å². The number of hydrogen-bond donors (Lipinski definition) is 1. The number of nitrogens with one attached hydrogen (secondary N) is 1. The minimum Gasteiger partial charge on any atom is -0.496 e. The Balaban J connectivity index is 0.000000924. The Morgan fingerprint density at radius 2 is 1.83 bits per heavy atom. The summed E-state index contributed by atoms with van der Waals surface area (Å²) in [6.45, 7) is 4.00. The monoisotopic (exact) mass is 318 g/mol. The van der Waals surface area contributed by atoms with E-state index in [0.717, 1.165) is 4.90 Å². The quantitative estimate of drug-likeness (QED) is 0.825. The van der Waals surface area contributed by atoms with Gasteiger partial charge in [0.05, 0.1) is 18.2 Å². The summed E-state index contributed by atoms with van der Waals surface area (Å²) in [6.07, 6.45) is 0.236. The highest BCUT2D eigenvalue weighted by atomic mass is 16.5. The Morgan fingerprint density at radius 1 is 1.13 bits per heavy atom. The van der Waals surface area contributed by atoms with Crippen LogP contribution in [0, 0.1) is 0 Å². The van der Waals surface area contributed by atoms with Crippen molar-refractivity contribution in [1.82, 2.24) is 10.2 Å². The molecule has 4 amide bonds. The molecule has 1 fully saturated rings. The van der Waals surface area contributed by atoms with Crippen molar-refractivity contribution in [3.63, 3.8) is 0 Å². The van der Waals surface area contributed by atoms with Crippen LogP contribution >= 0.6 is 0 Å². The first-order valence-electron chi connectivity index (χ1n) is 7.43. The van der Waals surface area contributed by atoms with E-state index in [2.05, 4.69) is 5.32 Å². The van der Waals surface area contributed by atoms with Crippen LogP contribution in [-0.4, -0.2) is 41.7 Å². The van der Waals surface area contributed by atoms with Crippen LogP contribution in [0.5, 0.6) is 5.75 Å².